The van der Waals surface area contributed by atoms with E-state index >= 15 is 0 Å². The molecule has 0 aliphatic rings. The van der Waals surface area contributed by atoms with Gasteiger partial charge in [0.1, 0.15) is 6.61 Å². The minimum atomic E-state index is -0.560. The van der Waals surface area contributed by atoms with E-state index < -0.39 is 6.10 Å². The number of allylic oxidation sites excluding steroid dienone is 14. The largest absolute Gasteiger partial charge is 0.462 e. The first-order valence-electron chi connectivity index (χ1n) is 26.1. The lowest BCUT2D eigenvalue weighted by molar-refractivity contribution is -0.163. The molecule has 0 aromatic carbocycles. The molecule has 0 heterocycles. The SMILES string of the molecule is CC/C=C\C/C=C\C/C=C\C/C=C\CCCCCCC(=O)OCC(COCCCCCCCC/C=C\CCCCCC)OC(=O)CCCCCCC/C=C\C/C=C\CCCCC. The molecule has 0 rings (SSSR count). The number of carbonyl (C=O) groups is 2. The lowest BCUT2D eigenvalue weighted by atomic mass is 10.1. The lowest BCUT2D eigenvalue weighted by Crippen LogP contribution is -2.30. The highest BCUT2D eigenvalue weighted by atomic mass is 16.6. The molecule has 1 unspecified atom stereocenters. The van der Waals surface area contributed by atoms with Gasteiger partial charge in [0.15, 0.2) is 6.10 Å². The molecule has 0 fully saturated rings. The molecular formula is C57H98O5. The van der Waals surface area contributed by atoms with Crippen LogP contribution in [-0.2, 0) is 23.8 Å². The minimum absolute atomic E-state index is 0.0613. The van der Waals surface area contributed by atoms with Crippen molar-refractivity contribution in [3.8, 4) is 0 Å². The number of unbranched alkanes of at least 4 members (excludes halogenated alkanes) is 22. The standard InChI is InChI=1S/C57H98O5/c1-4-7-10-13-16-19-22-25-28-29-31-32-35-38-41-44-47-50-56(58)61-54-55(53-60-52-49-46-43-40-37-34-27-24-21-18-15-12-9-6-3)62-57(59)51-48-45-42-39-36-33-30-26-23-20-17-14-11-8-5-2/h7,10,16-17,19-21,24-26,28,30-32,55H,4-6,8-9,11-15,18,22-23,27,29,33-54H2,1-3H3/b10-7-,19-16-,20-17-,24-21-,28-25-,30-26-,32-31-. The molecule has 0 saturated carbocycles. The van der Waals surface area contributed by atoms with E-state index in [0.29, 0.717) is 19.4 Å². The predicted octanol–water partition coefficient (Wildman–Crippen LogP) is 17.7. The molecule has 5 nitrogen and oxygen atoms in total. The zero-order chi connectivity index (χ0) is 44.9. The predicted molar refractivity (Wildman–Crippen MR) is 270 cm³/mol. The normalized spacial score (nSPS) is 12.9. The van der Waals surface area contributed by atoms with Crippen LogP contribution in [-0.4, -0.2) is 37.9 Å². The summed E-state index contributed by atoms with van der Waals surface area (Å²) in [6.07, 6.45) is 68.7. The van der Waals surface area contributed by atoms with E-state index in [1.807, 2.05) is 0 Å². The van der Waals surface area contributed by atoms with Crippen molar-refractivity contribution in [3.05, 3.63) is 85.1 Å². The Hall–Kier alpha value is -2.92. The molecule has 5 heteroatoms. The van der Waals surface area contributed by atoms with Gasteiger partial charge in [0.25, 0.3) is 0 Å². The quantitative estimate of drug-likeness (QED) is 0.0346. The van der Waals surface area contributed by atoms with Crippen LogP contribution in [0.2, 0.25) is 0 Å². The smallest absolute Gasteiger partial charge is 0.306 e. The van der Waals surface area contributed by atoms with Gasteiger partial charge in [-0.15, -0.1) is 0 Å². The third kappa shape index (κ3) is 49.7. The maximum Gasteiger partial charge on any atom is 0.306 e. The fourth-order valence-electron chi connectivity index (χ4n) is 7.00. The summed E-state index contributed by atoms with van der Waals surface area (Å²) in [5.74, 6) is -0.443. The molecule has 356 valence electrons. The third-order valence-corrected chi connectivity index (χ3v) is 10.9. The first-order valence-corrected chi connectivity index (χ1v) is 26.1. The Morgan fingerprint density at radius 1 is 0.371 bits per heavy atom. The summed E-state index contributed by atoms with van der Waals surface area (Å²) >= 11 is 0. The van der Waals surface area contributed by atoms with E-state index in [0.717, 1.165) is 103 Å². The Morgan fingerprint density at radius 3 is 1.21 bits per heavy atom. The molecule has 0 spiro atoms. The first-order chi connectivity index (χ1) is 30.6. The van der Waals surface area contributed by atoms with Gasteiger partial charge in [-0.2, -0.15) is 0 Å². The van der Waals surface area contributed by atoms with Crippen LogP contribution in [0.5, 0.6) is 0 Å². The first kappa shape index (κ1) is 59.1. The molecule has 0 aliphatic heterocycles. The second kappa shape index (κ2) is 52.4. The molecule has 0 bridgehead atoms. The van der Waals surface area contributed by atoms with Crippen molar-refractivity contribution >= 4 is 11.9 Å². The number of ether oxygens (including phenoxy) is 3. The summed E-state index contributed by atoms with van der Waals surface area (Å²) in [7, 11) is 0. The number of esters is 2. The fraction of sp³-hybridized carbons (Fsp3) is 0.719. The molecule has 0 aromatic heterocycles. The van der Waals surface area contributed by atoms with Gasteiger partial charge in [-0.1, -0.05) is 196 Å². The summed E-state index contributed by atoms with van der Waals surface area (Å²) < 4.78 is 17.4. The van der Waals surface area contributed by atoms with Gasteiger partial charge in [-0.05, 0) is 116 Å². The van der Waals surface area contributed by atoms with E-state index in [4.69, 9.17) is 14.2 Å². The molecule has 0 radical (unpaired) electrons. The summed E-state index contributed by atoms with van der Waals surface area (Å²) in [6, 6.07) is 0. The number of carbonyl (C=O) groups excluding carboxylic acids is 2. The zero-order valence-electron chi connectivity index (χ0n) is 40.9. The fourth-order valence-corrected chi connectivity index (χ4v) is 7.00. The minimum Gasteiger partial charge on any atom is -0.462 e. The Morgan fingerprint density at radius 2 is 0.726 bits per heavy atom. The molecule has 0 saturated heterocycles. The van der Waals surface area contributed by atoms with Crippen molar-refractivity contribution in [2.24, 2.45) is 0 Å². The molecule has 0 aromatic rings. The average molecular weight is 863 g/mol. The van der Waals surface area contributed by atoms with Crippen LogP contribution in [0.25, 0.3) is 0 Å². The molecular weight excluding hydrogens is 765 g/mol. The highest BCUT2D eigenvalue weighted by molar-refractivity contribution is 5.70. The molecule has 1 atom stereocenters. The van der Waals surface area contributed by atoms with Crippen molar-refractivity contribution in [2.45, 2.75) is 245 Å². The van der Waals surface area contributed by atoms with Crippen LogP contribution >= 0.6 is 0 Å². The lowest BCUT2D eigenvalue weighted by Gasteiger charge is -2.18. The summed E-state index contributed by atoms with van der Waals surface area (Å²) in [5, 5.41) is 0. The number of hydrogen-bond acceptors (Lipinski definition) is 5. The van der Waals surface area contributed by atoms with Crippen LogP contribution < -0.4 is 0 Å². The zero-order valence-corrected chi connectivity index (χ0v) is 40.9. The van der Waals surface area contributed by atoms with Gasteiger partial charge in [0.2, 0.25) is 0 Å². The van der Waals surface area contributed by atoms with Crippen molar-refractivity contribution in [1.82, 2.24) is 0 Å². The Labute approximate surface area is 384 Å². The van der Waals surface area contributed by atoms with Gasteiger partial charge in [-0.3, -0.25) is 9.59 Å². The van der Waals surface area contributed by atoms with Crippen LogP contribution in [0.3, 0.4) is 0 Å². The number of rotatable bonds is 47. The Kier molecular flexibility index (Phi) is 50.0. The van der Waals surface area contributed by atoms with Gasteiger partial charge >= 0.3 is 11.9 Å². The molecule has 0 N–H and O–H groups in total. The Bertz CT molecular complexity index is 1160. The molecule has 0 amide bonds. The van der Waals surface area contributed by atoms with E-state index in [2.05, 4.69) is 106 Å². The second-order valence-corrected chi connectivity index (χ2v) is 17.0. The van der Waals surface area contributed by atoms with Gasteiger partial charge in [0, 0.05) is 19.4 Å². The Balaban J connectivity index is 4.36. The highest BCUT2D eigenvalue weighted by Crippen LogP contribution is 2.13. The monoisotopic (exact) mass is 863 g/mol. The highest BCUT2D eigenvalue weighted by Gasteiger charge is 2.17. The van der Waals surface area contributed by atoms with Crippen LogP contribution in [0.15, 0.2) is 85.1 Å². The second-order valence-electron chi connectivity index (χ2n) is 17.0. The maximum absolute atomic E-state index is 12.8. The van der Waals surface area contributed by atoms with Gasteiger partial charge in [0.05, 0.1) is 6.61 Å². The van der Waals surface area contributed by atoms with E-state index in [1.165, 1.54) is 103 Å². The van der Waals surface area contributed by atoms with Crippen molar-refractivity contribution in [2.75, 3.05) is 19.8 Å². The van der Waals surface area contributed by atoms with E-state index in [9.17, 15) is 9.59 Å². The summed E-state index contributed by atoms with van der Waals surface area (Å²) in [4.78, 5) is 25.4. The summed E-state index contributed by atoms with van der Waals surface area (Å²) in [6.45, 7) is 7.63. The molecule has 0 aliphatic carbocycles. The van der Waals surface area contributed by atoms with E-state index in [1.54, 1.807) is 0 Å². The van der Waals surface area contributed by atoms with Crippen molar-refractivity contribution < 1.29 is 23.8 Å². The van der Waals surface area contributed by atoms with Gasteiger partial charge < -0.3 is 14.2 Å². The van der Waals surface area contributed by atoms with Gasteiger partial charge in [-0.25, -0.2) is 0 Å². The van der Waals surface area contributed by atoms with Crippen LogP contribution in [0.4, 0.5) is 0 Å². The van der Waals surface area contributed by atoms with E-state index in [-0.39, 0.29) is 25.2 Å². The maximum atomic E-state index is 12.8. The topological polar surface area (TPSA) is 61.8 Å². The summed E-state index contributed by atoms with van der Waals surface area (Å²) in [5.41, 5.74) is 0. The van der Waals surface area contributed by atoms with Crippen LogP contribution in [0, 0.1) is 0 Å². The van der Waals surface area contributed by atoms with Crippen molar-refractivity contribution in [1.29, 1.82) is 0 Å². The third-order valence-electron chi connectivity index (χ3n) is 10.9. The van der Waals surface area contributed by atoms with Crippen LogP contribution in [0.1, 0.15) is 239 Å². The number of hydrogen-bond donors (Lipinski definition) is 0. The molecule has 62 heavy (non-hydrogen) atoms. The average Bonchev–Trinajstić information content (AvgIpc) is 3.27. The van der Waals surface area contributed by atoms with Crippen molar-refractivity contribution in [3.63, 3.8) is 0 Å².